The largest absolute Gasteiger partial charge is 0.307 e. The summed E-state index contributed by atoms with van der Waals surface area (Å²) in [6, 6.07) is 12.3. The van der Waals surface area contributed by atoms with Crippen molar-refractivity contribution in [2.75, 3.05) is 24.5 Å². The zero-order chi connectivity index (χ0) is 23.7. The molecule has 2 aliphatic heterocycles. The number of hydrogen-bond donors (Lipinski definition) is 0. The maximum Gasteiger partial charge on any atom is 0.258 e. The van der Waals surface area contributed by atoms with Crippen LogP contribution in [0.25, 0.3) is 0 Å². The predicted molar refractivity (Wildman–Crippen MR) is 132 cm³/mol. The first-order valence-electron chi connectivity index (χ1n) is 12.1. The van der Waals surface area contributed by atoms with Gasteiger partial charge in [0.25, 0.3) is 5.91 Å². The number of carbonyl (C=O) groups is 1. The van der Waals surface area contributed by atoms with Crippen molar-refractivity contribution in [2.24, 2.45) is 5.41 Å². The summed E-state index contributed by atoms with van der Waals surface area (Å²) >= 11 is 3.62. The van der Waals surface area contributed by atoms with Crippen LogP contribution in [0, 0.1) is 5.41 Å². The first-order valence-corrected chi connectivity index (χ1v) is 14.3. The molecule has 2 saturated carbocycles. The third-order valence-corrected chi connectivity index (χ3v) is 10.9. The van der Waals surface area contributed by atoms with Crippen LogP contribution in [0.2, 0.25) is 0 Å². The normalized spacial score (nSPS) is 25.1. The van der Waals surface area contributed by atoms with Crippen molar-refractivity contribution in [1.82, 2.24) is 4.31 Å². The number of halogens is 2. The fourth-order valence-electron chi connectivity index (χ4n) is 6.19. The molecule has 2 aliphatic carbocycles. The van der Waals surface area contributed by atoms with Crippen molar-refractivity contribution in [3.8, 4) is 0 Å². The Balaban J connectivity index is 1.32. The van der Waals surface area contributed by atoms with Gasteiger partial charge in [-0.25, -0.2) is 12.8 Å². The number of benzene rings is 2. The van der Waals surface area contributed by atoms with E-state index < -0.39 is 16.2 Å². The first kappa shape index (κ1) is 22.7. The molecule has 4 aliphatic rings. The van der Waals surface area contributed by atoms with Gasteiger partial charge in [0.15, 0.2) is 0 Å². The van der Waals surface area contributed by atoms with Crippen molar-refractivity contribution in [2.45, 2.75) is 61.4 Å². The summed E-state index contributed by atoms with van der Waals surface area (Å²) in [6.07, 6.45) is 6.31. The van der Waals surface area contributed by atoms with Gasteiger partial charge in [-0.05, 0) is 92.3 Å². The molecule has 34 heavy (non-hydrogen) atoms. The second kappa shape index (κ2) is 7.87. The third kappa shape index (κ3) is 3.64. The molecular formula is C26H28BrFN2O3S. The van der Waals surface area contributed by atoms with E-state index in [9.17, 15) is 17.6 Å². The lowest BCUT2D eigenvalue weighted by molar-refractivity contribution is 0.0980. The number of alkyl halides is 1. The van der Waals surface area contributed by atoms with Gasteiger partial charge < -0.3 is 4.90 Å². The Labute approximate surface area is 208 Å². The van der Waals surface area contributed by atoms with E-state index in [1.165, 1.54) is 47.7 Å². The fraction of sp³-hybridized carbons (Fsp3) is 0.500. The first-order chi connectivity index (χ1) is 16.2. The van der Waals surface area contributed by atoms with E-state index in [2.05, 4.69) is 22.0 Å². The van der Waals surface area contributed by atoms with Gasteiger partial charge in [-0.15, -0.1) is 0 Å². The molecule has 2 heterocycles. The molecule has 1 amide bonds. The third-order valence-electron chi connectivity index (χ3n) is 8.56. The van der Waals surface area contributed by atoms with Gasteiger partial charge in [0.1, 0.15) is 6.17 Å². The van der Waals surface area contributed by atoms with E-state index in [4.69, 9.17) is 0 Å². The second-order valence-electron chi connectivity index (χ2n) is 10.6. The minimum absolute atomic E-state index is 0.0437. The van der Waals surface area contributed by atoms with Crippen LogP contribution < -0.4 is 4.90 Å². The average Bonchev–Trinajstić information content (AvgIpc) is 3.32. The van der Waals surface area contributed by atoms with Gasteiger partial charge in [0.05, 0.1) is 4.90 Å². The summed E-state index contributed by atoms with van der Waals surface area (Å²) in [5.41, 5.74) is 3.00. The summed E-state index contributed by atoms with van der Waals surface area (Å²) in [5.74, 6) is -0.186. The molecule has 0 aromatic heterocycles. The highest BCUT2D eigenvalue weighted by atomic mass is 79.9. The molecule has 0 radical (unpaired) electrons. The molecule has 3 fully saturated rings. The van der Waals surface area contributed by atoms with Crippen LogP contribution in [0.4, 0.5) is 10.1 Å². The lowest BCUT2D eigenvalue weighted by atomic mass is 9.66. The lowest BCUT2D eigenvalue weighted by Gasteiger charge is -2.38. The maximum atomic E-state index is 13.8. The van der Waals surface area contributed by atoms with Crippen molar-refractivity contribution in [1.29, 1.82) is 0 Å². The Hall–Kier alpha value is -1.77. The van der Waals surface area contributed by atoms with E-state index >= 15 is 0 Å². The molecule has 1 atom stereocenters. The summed E-state index contributed by atoms with van der Waals surface area (Å²) in [6.45, 7) is 0.666. The van der Waals surface area contributed by atoms with Gasteiger partial charge in [0, 0.05) is 40.8 Å². The van der Waals surface area contributed by atoms with Crippen LogP contribution in [0.1, 0.15) is 60.9 Å². The zero-order valence-electron chi connectivity index (χ0n) is 19.0. The molecule has 6 rings (SSSR count). The number of nitrogens with zero attached hydrogens (tertiary/aromatic N) is 2. The van der Waals surface area contributed by atoms with Crippen LogP contribution in [0.5, 0.6) is 0 Å². The molecule has 5 nitrogen and oxygen atoms in total. The molecule has 2 aromatic carbocycles. The number of sulfonamides is 1. The lowest BCUT2D eigenvalue weighted by Crippen LogP contribution is -2.40. The van der Waals surface area contributed by atoms with Crippen molar-refractivity contribution in [3.05, 3.63) is 58.1 Å². The van der Waals surface area contributed by atoms with E-state index in [0.717, 1.165) is 23.0 Å². The minimum Gasteiger partial charge on any atom is -0.307 e. The summed E-state index contributed by atoms with van der Waals surface area (Å²) < 4.78 is 41.9. The number of fused-ring (bicyclic) bond motifs is 2. The molecular weight excluding hydrogens is 519 g/mol. The smallest absolute Gasteiger partial charge is 0.258 e. The van der Waals surface area contributed by atoms with Crippen molar-refractivity contribution < 1.29 is 17.6 Å². The Morgan fingerprint density at radius 2 is 1.76 bits per heavy atom. The highest BCUT2D eigenvalue weighted by Gasteiger charge is 2.53. The van der Waals surface area contributed by atoms with E-state index in [1.807, 2.05) is 17.0 Å². The number of carbonyl (C=O) groups excluding carboxylic acids is 1. The molecule has 1 saturated heterocycles. The summed E-state index contributed by atoms with van der Waals surface area (Å²) in [4.78, 5) is 15.6. The molecule has 0 bridgehead atoms. The van der Waals surface area contributed by atoms with Gasteiger partial charge in [-0.1, -0.05) is 22.0 Å². The number of rotatable bonds is 3. The van der Waals surface area contributed by atoms with Crippen LogP contribution >= 0.6 is 15.9 Å². The van der Waals surface area contributed by atoms with Gasteiger partial charge >= 0.3 is 0 Å². The fourth-order valence-corrected chi connectivity index (χ4v) is 8.08. The molecule has 0 N–H and O–H groups in total. The highest BCUT2D eigenvalue weighted by Crippen LogP contribution is 2.62. The number of hydrogen-bond acceptors (Lipinski definition) is 3. The maximum absolute atomic E-state index is 13.8. The highest BCUT2D eigenvalue weighted by molar-refractivity contribution is 9.10. The Morgan fingerprint density at radius 3 is 2.44 bits per heavy atom. The Bertz CT molecular complexity index is 1270. The van der Waals surface area contributed by atoms with Crippen LogP contribution in [-0.4, -0.2) is 44.4 Å². The molecule has 2 aromatic rings. The second-order valence-corrected chi connectivity index (χ2v) is 13.5. The van der Waals surface area contributed by atoms with Crippen molar-refractivity contribution >= 4 is 37.5 Å². The van der Waals surface area contributed by atoms with Crippen molar-refractivity contribution in [3.63, 3.8) is 0 Å². The molecule has 0 unspecified atom stereocenters. The van der Waals surface area contributed by atoms with Crippen LogP contribution in [0.3, 0.4) is 0 Å². The van der Waals surface area contributed by atoms with E-state index in [0.29, 0.717) is 17.5 Å². The van der Waals surface area contributed by atoms with Crippen LogP contribution in [0.15, 0.2) is 51.8 Å². The standard InChI is InChI=1S/C26H28BrFN2O3S/c27-19-4-5-23-22(15-19)26(11-9-25(7-8-25)10-12-26)17-30(23)24(31)18-2-1-3-21(14-18)34(32,33)29-13-6-20(28)16-29/h1-5,14-15,20H,6-13,16-17H2/t20-/m1/s1. The van der Waals surface area contributed by atoms with Gasteiger partial charge in [-0.3, -0.25) is 4.79 Å². The zero-order valence-corrected chi connectivity index (χ0v) is 21.4. The summed E-state index contributed by atoms with van der Waals surface area (Å²) in [7, 11) is -3.83. The Kier molecular flexibility index (Phi) is 5.25. The minimum atomic E-state index is -3.83. The molecule has 8 heteroatoms. The summed E-state index contributed by atoms with van der Waals surface area (Å²) in [5, 5.41) is 0. The Morgan fingerprint density at radius 1 is 1.03 bits per heavy atom. The SMILES string of the molecule is O=C(c1cccc(S(=O)(=O)N2CC[C@@H](F)C2)c1)N1CC2(CCC3(CC3)CC2)c2cc(Br)ccc21. The van der Waals surface area contributed by atoms with Crippen LogP contribution in [-0.2, 0) is 15.4 Å². The number of amides is 1. The van der Waals surface area contributed by atoms with E-state index in [1.54, 1.807) is 12.1 Å². The average molecular weight is 547 g/mol. The predicted octanol–water partition coefficient (Wildman–Crippen LogP) is 5.43. The molecule has 180 valence electrons. The topological polar surface area (TPSA) is 57.7 Å². The quantitative estimate of drug-likeness (QED) is 0.515. The van der Waals surface area contributed by atoms with E-state index in [-0.39, 0.29) is 35.7 Å². The van der Waals surface area contributed by atoms with Gasteiger partial charge in [0.2, 0.25) is 10.0 Å². The monoisotopic (exact) mass is 546 g/mol. The molecule has 2 spiro atoms. The van der Waals surface area contributed by atoms with Gasteiger partial charge in [-0.2, -0.15) is 4.31 Å². The number of anilines is 1.